The molecule has 122 valence electrons. The molecule has 0 unspecified atom stereocenters. The second-order valence-electron chi connectivity index (χ2n) is 5.09. The summed E-state index contributed by atoms with van der Waals surface area (Å²) in [5, 5.41) is 0. The van der Waals surface area contributed by atoms with Gasteiger partial charge < -0.3 is 20.9 Å². The van der Waals surface area contributed by atoms with Gasteiger partial charge >= 0.3 is 0 Å². The van der Waals surface area contributed by atoms with E-state index in [9.17, 15) is 0 Å². The fourth-order valence-corrected chi connectivity index (χ4v) is 2.45. The molecule has 0 bridgehead atoms. The van der Waals surface area contributed by atoms with Crippen LogP contribution in [0.3, 0.4) is 0 Å². The number of anilines is 2. The van der Waals surface area contributed by atoms with Gasteiger partial charge in [-0.3, -0.25) is 0 Å². The maximum atomic E-state index is 5.90. The van der Waals surface area contributed by atoms with Crippen LogP contribution < -0.4 is 20.9 Å². The molecule has 0 spiro atoms. The molecule has 4 nitrogen and oxygen atoms in total. The Morgan fingerprint density at radius 1 is 0.625 bits per heavy atom. The van der Waals surface area contributed by atoms with Crippen molar-refractivity contribution in [2.75, 3.05) is 11.5 Å². The number of ether oxygens (including phenoxy) is 2. The highest BCUT2D eigenvalue weighted by Gasteiger charge is 2.09. The molecule has 0 aliphatic carbocycles. The van der Waals surface area contributed by atoms with Gasteiger partial charge in [-0.25, -0.2) is 0 Å². The van der Waals surface area contributed by atoms with Gasteiger partial charge in [0.05, 0.1) is 0 Å². The summed E-state index contributed by atoms with van der Waals surface area (Å²) in [6.07, 6.45) is 0. The Morgan fingerprint density at radius 3 is 1.42 bits per heavy atom. The molecule has 0 amide bonds. The van der Waals surface area contributed by atoms with E-state index in [1.165, 1.54) is 0 Å². The van der Waals surface area contributed by atoms with E-state index in [0.717, 1.165) is 0 Å². The Morgan fingerprint density at radius 2 is 1.04 bits per heavy atom. The lowest BCUT2D eigenvalue weighted by molar-refractivity contribution is 0.418. The van der Waals surface area contributed by atoms with Gasteiger partial charge in [0.25, 0.3) is 0 Å². The number of para-hydroxylation sites is 2. The maximum absolute atomic E-state index is 5.90. The van der Waals surface area contributed by atoms with Gasteiger partial charge in [-0.1, -0.05) is 12.1 Å². The molecule has 0 aliphatic heterocycles. The van der Waals surface area contributed by atoms with Crippen LogP contribution in [-0.2, 0) is 0 Å². The summed E-state index contributed by atoms with van der Waals surface area (Å²) in [7, 11) is 0. The minimum absolute atomic E-state index is 0.576. The summed E-state index contributed by atoms with van der Waals surface area (Å²) >= 11 is 8.61. The Labute approximate surface area is 151 Å². The number of hydrogen-bond acceptors (Lipinski definition) is 6. The molecule has 0 aliphatic rings. The van der Waals surface area contributed by atoms with Gasteiger partial charge in [0.2, 0.25) is 0 Å². The third-order valence-corrected chi connectivity index (χ3v) is 4.08. The van der Waals surface area contributed by atoms with Crippen molar-refractivity contribution in [2.24, 2.45) is 0 Å². The summed E-state index contributed by atoms with van der Waals surface area (Å²) in [5.41, 5.74) is 12.7. The third kappa shape index (κ3) is 3.72. The fourth-order valence-electron chi connectivity index (χ4n) is 2.05. The first-order chi connectivity index (χ1) is 11.5. The lowest BCUT2D eigenvalue weighted by atomic mass is 10.3. The minimum atomic E-state index is 0.576. The van der Waals surface area contributed by atoms with Gasteiger partial charge in [-0.15, -0.1) is 25.3 Å². The van der Waals surface area contributed by atoms with Crippen molar-refractivity contribution < 1.29 is 9.47 Å². The van der Waals surface area contributed by atoms with E-state index >= 15 is 0 Å². The molecule has 3 rings (SSSR count). The van der Waals surface area contributed by atoms with Crippen LogP contribution in [0.4, 0.5) is 11.4 Å². The van der Waals surface area contributed by atoms with Crippen LogP contribution in [0.1, 0.15) is 0 Å². The van der Waals surface area contributed by atoms with Crippen molar-refractivity contribution in [2.45, 2.75) is 9.79 Å². The van der Waals surface area contributed by atoms with E-state index < -0.39 is 0 Å². The summed E-state index contributed by atoms with van der Waals surface area (Å²) in [4.78, 5) is 1.31. The van der Waals surface area contributed by atoms with Crippen molar-refractivity contribution in [3.8, 4) is 23.0 Å². The number of nitrogen functional groups attached to an aromatic ring is 2. The maximum Gasteiger partial charge on any atom is 0.169 e. The fraction of sp³-hybridized carbons (Fsp3) is 0. The largest absolute Gasteiger partial charge is 0.453 e. The molecule has 0 saturated carbocycles. The molecule has 3 aromatic rings. The number of benzene rings is 3. The van der Waals surface area contributed by atoms with E-state index in [1.54, 1.807) is 36.4 Å². The first kappa shape index (κ1) is 16.4. The number of thiol groups is 2. The van der Waals surface area contributed by atoms with Crippen LogP contribution >= 0.6 is 25.3 Å². The van der Waals surface area contributed by atoms with E-state index in [-0.39, 0.29) is 0 Å². The second-order valence-corrected chi connectivity index (χ2v) is 6.06. The molecule has 0 aromatic heterocycles. The number of hydrogen-bond donors (Lipinski definition) is 4. The molecular weight excluding hydrogens is 340 g/mol. The van der Waals surface area contributed by atoms with Crippen molar-refractivity contribution in [1.82, 2.24) is 0 Å². The minimum Gasteiger partial charge on any atom is -0.453 e. The summed E-state index contributed by atoms with van der Waals surface area (Å²) < 4.78 is 11.8. The summed E-state index contributed by atoms with van der Waals surface area (Å²) in [6, 6.07) is 17.9. The lowest BCUT2D eigenvalue weighted by Gasteiger charge is -2.13. The topological polar surface area (TPSA) is 70.5 Å². The molecule has 4 N–H and O–H groups in total. The predicted octanol–water partition coefficient (Wildman–Crippen LogP) is 5.01. The molecule has 3 aromatic carbocycles. The summed E-state index contributed by atoms with van der Waals surface area (Å²) in [6.45, 7) is 0. The van der Waals surface area contributed by atoms with Gasteiger partial charge in [0, 0.05) is 21.2 Å². The normalized spacial score (nSPS) is 10.4. The second kappa shape index (κ2) is 6.98. The molecule has 0 fully saturated rings. The average molecular weight is 356 g/mol. The van der Waals surface area contributed by atoms with Crippen LogP contribution in [0.2, 0.25) is 0 Å². The van der Waals surface area contributed by atoms with Crippen LogP contribution in [0.25, 0.3) is 0 Å². The van der Waals surface area contributed by atoms with E-state index in [1.807, 2.05) is 24.3 Å². The zero-order valence-corrected chi connectivity index (χ0v) is 14.4. The van der Waals surface area contributed by atoms with Crippen LogP contribution in [-0.4, -0.2) is 0 Å². The van der Waals surface area contributed by atoms with Crippen molar-refractivity contribution >= 4 is 36.6 Å². The van der Waals surface area contributed by atoms with Crippen molar-refractivity contribution in [1.29, 1.82) is 0 Å². The summed E-state index contributed by atoms with van der Waals surface area (Å²) in [5.74, 6) is 2.40. The monoisotopic (exact) mass is 356 g/mol. The zero-order valence-electron chi connectivity index (χ0n) is 12.6. The van der Waals surface area contributed by atoms with Crippen molar-refractivity contribution in [3.05, 3.63) is 60.7 Å². The zero-order chi connectivity index (χ0) is 17.1. The molecule has 24 heavy (non-hydrogen) atoms. The van der Waals surface area contributed by atoms with Crippen molar-refractivity contribution in [3.63, 3.8) is 0 Å². The van der Waals surface area contributed by atoms with Crippen LogP contribution in [0.5, 0.6) is 23.0 Å². The first-order valence-corrected chi connectivity index (χ1v) is 8.04. The van der Waals surface area contributed by atoms with Crippen LogP contribution in [0.15, 0.2) is 70.5 Å². The Bertz CT molecular complexity index is 812. The first-order valence-electron chi connectivity index (χ1n) is 7.14. The number of rotatable bonds is 4. The van der Waals surface area contributed by atoms with E-state index in [0.29, 0.717) is 44.2 Å². The molecule has 0 heterocycles. The van der Waals surface area contributed by atoms with Gasteiger partial charge in [0.1, 0.15) is 11.5 Å². The molecular formula is C18H16N2O2S2. The Hall–Kier alpha value is -2.44. The predicted molar refractivity (Wildman–Crippen MR) is 103 cm³/mol. The van der Waals surface area contributed by atoms with E-state index in [4.69, 9.17) is 20.9 Å². The lowest BCUT2D eigenvalue weighted by Crippen LogP contribution is -1.93. The van der Waals surface area contributed by atoms with Gasteiger partial charge in [0.15, 0.2) is 11.5 Å². The Kier molecular flexibility index (Phi) is 4.78. The molecule has 0 saturated heterocycles. The molecule has 6 heteroatoms. The highest BCUT2D eigenvalue weighted by molar-refractivity contribution is 7.80. The average Bonchev–Trinajstić information content (AvgIpc) is 2.56. The SMILES string of the molecule is Nc1ccc(Oc2ccccc2Oc2ccc(N)c(S)c2)cc1S. The van der Waals surface area contributed by atoms with E-state index in [2.05, 4.69) is 25.3 Å². The third-order valence-electron chi connectivity index (χ3n) is 3.31. The number of nitrogens with two attached hydrogens (primary N) is 2. The van der Waals surface area contributed by atoms with Crippen LogP contribution in [0, 0.1) is 0 Å². The highest BCUT2D eigenvalue weighted by Crippen LogP contribution is 2.36. The highest BCUT2D eigenvalue weighted by atomic mass is 32.1. The standard InChI is InChI=1S/C18H16N2O2S2/c19-13-7-5-11(9-17(13)23)21-15-3-1-2-4-16(15)22-12-6-8-14(20)18(24)10-12/h1-10,23-24H,19-20H2. The molecule has 0 radical (unpaired) electrons. The quantitative estimate of drug-likeness (QED) is 0.392. The van der Waals surface area contributed by atoms with Gasteiger partial charge in [-0.2, -0.15) is 0 Å². The van der Waals surface area contributed by atoms with Gasteiger partial charge in [-0.05, 0) is 48.5 Å². The molecule has 0 atom stereocenters. The Balaban J connectivity index is 1.87. The smallest absolute Gasteiger partial charge is 0.169 e.